The van der Waals surface area contributed by atoms with Crippen molar-refractivity contribution in [3.8, 4) is 0 Å². The Balaban J connectivity index is 2.14. The molecule has 3 nitrogen and oxygen atoms in total. The van der Waals surface area contributed by atoms with E-state index in [2.05, 4.69) is 58.9 Å². The normalized spacial score (nSPS) is 27.1. The fourth-order valence-corrected chi connectivity index (χ4v) is 2.92. The highest BCUT2D eigenvalue weighted by molar-refractivity contribution is 9.10. The second-order valence-electron chi connectivity index (χ2n) is 5.01. The van der Waals surface area contributed by atoms with Crippen LogP contribution in [-0.2, 0) is 4.74 Å². The minimum atomic E-state index is 0.276. The van der Waals surface area contributed by atoms with E-state index in [4.69, 9.17) is 10.5 Å². The van der Waals surface area contributed by atoms with Gasteiger partial charge in [0, 0.05) is 30.1 Å². The molecular formula is C14H21BrN2O. The van der Waals surface area contributed by atoms with Gasteiger partial charge in [0.2, 0.25) is 0 Å². The number of hydrogen-bond donors (Lipinski definition) is 1. The third-order valence-corrected chi connectivity index (χ3v) is 3.90. The number of halogens is 1. The molecule has 1 heterocycles. The summed E-state index contributed by atoms with van der Waals surface area (Å²) in [7, 11) is 0. The second-order valence-corrected chi connectivity index (χ2v) is 5.93. The maximum absolute atomic E-state index is 5.97. The van der Waals surface area contributed by atoms with Gasteiger partial charge in [0.15, 0.2) is 0 Å². The first-order chi connectivity index (χ1) is 8.60. The van der Waals surface area contributed by atoms with Gasteiger partial charge in [-0.2, -0.15) is 0 Å². The zero-order valence-corrected chi connectivity index (χ0v) is 12.6. The van der Waals surface area contributed by atoms with Crippen molar-refractivity contribution >= 4 is 15.9 Å². The number of rotatable bonds is 3. The molecule has 1 aromatic carbocycles. The van der Waals surface area contributed by atoms with E-state index in [9.17, 15) is 0 Å². The first-order valence-electron chi connectivity index (χ1n) is 6.45. The van der Waals surface area contributed by atoms with E-state index in [1.54, 1.807) is 0 Å². The molecule has 0 radical (unpaired) electrons. The molecule has 1 aliphatic rings. The maximum atomic E-state index is 5.97. The van der Waals surface area contributed by atoms with Crippen molar-refractivity contribution in [3.05, 3.63) is 34.3 Å². The van der Waals surface area contributed by atoms with E-state index in [-0.39, 0.29) is 18.2 Å². The monoisotopic (exact) mass is 312 g/mol. The van der Waals surface area contributed by atoms with Crippen LogP contribution in [0.2, 0.25) is 0 Å². The number of morpholine rings is 1. The highest BCUT2D eigenvalue weighted by Crippen LogP contribution is 2.25. The molecule has 0 spiro atoms. The Kier molecular flexibility index (Phi) is 4.78. The highest BCUT2D eigenvalue weighted by atomic mass is 79.9. The van der Waals surface area contributed by atoms with Crippen LogP contribution in [0.15, 0.2) is 28.7 Å². The fourth-order valence-electron chi connectivity index (χ4n) is 2.65. The predicted molar refractivity (Wildman–Crippen MR) is 77.5 cm³/mol. The van der Waals surface area contributed by atoms with E-state index in [1.807, 2.05) is 0 Å². The summed E-state index contributed by atoms with van der Waals surface area (Å²) in [5, 5.41) is 0. The van der Waals surface area contributed by atoms with Gasteiger partial charge >= 0.3 is 0 Å². The van der Waals surface area contributed by atoms with E-state index in [0.717, 1.165) is 17.6 Å². The number of nitrogens with zero attached hydrogens (tertiary/aromatic N) is 1. The first-order valence-corrected chi connectivity index (χ1v) is 7.24. The third kappa shape index (κ3) is 3.32. The molecule has 2 rings (SSSR count). The molecule has 1 fully saturated rings. The van der Waals surface area contributed by atoms with Crippen LogP contribution < -0.4 is 5.73 Å². The minimum absolute atomic E-state index is 0.276. The molecular weight excluding hydrogens is 292 g/mol. The van der Waals surface area contributed by atoms with Crippen molar-refractivity contribution in [1.82, 2.24) is 4.90 Å². The van der Waals surface area contributed by atoms with Crippen LogP contribution in [0.4, 0.5) is 0 Å². The molecule has 0 unspecified atom stereocenters. The van der Waals surface area contributed by atoms with E-state index in [0.29, 0.717) is 6.54 Å². The number of benzene rings is 1. The summed E-state index contributed by atoms with van der Waals surface area (Å²) in [6.45, 7) is 6.78. The summed E-state index contributed by atoms with van der Waals surface area (Å²) in [5.74, 6) is 0. The Hall–Kier alpha value is -0.420. The zero-order chi connectivity index (χ0) is 13.1. The van der Waals surface area contributed by atoms with Crippen LogP contribution in [-0.4, -0.2) is 36.7 Å². The minimum Gasteiger partial charge on any atom is -0.373 e. The zero-order valence-electron chi connectivity index (χ0n) is 11.0. The van der Waals surface area contributed by atoms with Crippen molar-refractivity contribution in [3.63, 3.8) is 0 Å². The first kappa shape index (κ1) is 14.0. The van der Waals surface area contributed by atoms with E-state index < -0.39 is 0 Å². The molecule has 1 saturated heterocycles. The molecule has 1 aromatic rings. The van der Waals surface area contributed by atoms with Crippen molar-refractivity contribution in [1.29, 1.82) is 0 Å². The lowest BCUT2D eigenvalue weighted by Crippen LogP contribution is -2.48. The Morgan fingerprint density at radius 2 is 1.83 bits per heavy atom. The summed E-state index contributed by atoms with van der Waals surface area (Å²) in [4.78, 5) is 2.43. The van der Waals surface area contributed by atoms with Crippen molar-refractivity contribution in [2.24, 2.45) is 5.73 Å². The summed E-state index contributed by atoms with van der Waals surface area (Å²) in [6, 6.07) is 8.72. The van der Waals surface area contributed by atoms with Gasteiger partial charge in [-0.3, -0.25) is 4.90 Å². The highest BCUT2D eigenvalue weighted by Gasteiger charge is 2.27. The molecule has 18 heavy (non-hydrogen) atoms. The Morgan fingerprint density at radius 3 is 2.33 bits per heavy atom. The number of ether oxygens (including phenoxy) is 1. The fraction of sp³-hybridized carbons (Fsp3) is 0.571. The number of hydrogen-bond acceptors (Lipinski definition) is 3. The molecule has 100 valence electrons. The lowest BCUT2D eigenvalue weighted by molar-refractivity contribution is -0.0799. The van der Waals surface area contributed by atoms with Crippen LogP contribution in [0.25, 0.3) is 0 Å². The van der Waals surface area contributed by atoms with Gasteiger partial charge in [0.05, 0.1) is 12.2 Å². The number of nitrogens with two attached hydrogens (primary N) is 1. The van der Waals surface area contributed by atoms with Gasteiger partial charge in [-0.1, -0.05) is 28.1 Å². The van der Waals surface area contributed by atoms with Crippen LogP contribution in [0.5, 0.6) is 0 Å². The molecule has 3 atom stereocenters. The summed E-state index contributed by atoms with van der Waals surface area (Å²) < 4.78 is 6.88. The standard InChI is InChI=1S/C14H21BrN2O/c1-10-8-17(9-11(2)18-10)14(7-16)12-3-5-13(15)6-4-12/h3-6,10-11,14H,7-9,16H2,1-2H3/t10-,11-,14+/m1/s1. The van der Waals surface area contributed by atoms with E-state index in [1.165, 1.54) is 5.56 Å². The van der Waals surface area contributed by atoms with E-state index >= 15 is 0 Å². The van der Waals surface area contributed by atoms with Crippen LogP contribution >= 0.6 is 15.9 Å². The summed E-state index contributed by atoms with van der Waals surface area (Å²) >= 11 is 3.47. The molecule has 0 aromatic heterocycles. The average molecular weight is 313 g/mol. The van der Waals surface area contributed by atoms with Gasteiger partial charge in [0.25, 0.3) is 0 Å². The Bertz CT molecular complexity index is 372. The molecule has 0 bridgehead atoms. The van der Waals surface area contributed by atoms with Gasteiger partial charge < -0.3 is 10.5 Å². The van der Waals surface area contributed by atoms with Gasteiger partial charge in [-0.15, -0.1) is 0 Å². The molecule has 0 saturated carbocycles. The topological polar surface area (TPSA) is 38.5 Å². The summed E-state index contributed by atoms with van der Waals surface area (Å²) in [6.07, 6.45) is 0.552. The van der Waals surface area contributed by atoms with Crippen LogP contribution in [0, 0.1) is 0 Å². The Morgan fingerprint density at radius 1 is 1.28 bits per heavy atom. The van der Waals surface area contributed by atoms with Gasteiger partial charge in [-0.25, -0.2) is 0 Å². The smallest absolute Gasteiger partial charge is 0.0678 e. The predicted octanol–water partition coefficient (Wildman–Crippen LogP) is 2.56. The molecule has 4 heteroatoms. The maximum Gasteiger partial charge on any atom is 0.0678 e. The third-order valence-electron chi connectivity index (χ3n) is 3.37. The molecule has 0 aliphatic carbocycles. The van der Waals surface area contributed by atoms with Gasteiger partial charge in [-0.05, 0) is 31.5 Å². The van der Waals surface area contributed by atoms with Crippen LogP contribution in [0.1, 0.15) is 25.5 Å². The lowest BCUT2D eigenvalue weighted by Gasteiger charge is -2.40. The molecule has 1 aliphatic heterocycles. The van der Waals surface area contributed by atoms with Crippen molar-refractivity contribution in [2.75, 3.05) is 19.6 Å². The SMILES string of the molecule is C[C@@H]1CN([C@@H](CN)c2ccc(Br)cc2)C[C@@H](C)O1. The van der Waals surface area contributed by atoms with Gasteiger partial charge in [0.1, 0.15) is 0 Å². The van der Waals surface area contributed by atoms with Crippen LogP contribution in [0.3, 0.4) is 0 Å². The molecule has 0 amide bonds. The average Bonchev–Trinajstić information content (AvgIpc) is 2.31. The van der Waals surface area contributed by atoms with Crippen molar-refractivity contribution in [2.45, 2.75) is 32.1 Å². The second kappa shape index (κ2) is 6.15. The summed E-state index contributed by atoms with van der Waals surface area (Å²) in [5.41, 5.74) is 7.25. The molecule has 2 N–H and O–H groups in total. The van der Waals surface area contributed by atoms with Crippen molar-refractivity contribution < 1.29 is 4.74 Å². The lowest BCUT2D eigenvalue weighted by atomic mass is 10.0. The largest absolute Gasteiger partial charge is 0.373 e. The Labute approximate surface area is 117 Å². The quantitative estimate of drug-likeness (QED) is 0.932.